The molecule has 2 unspecified atom stereocenters. The van der Waals surface area contributed by atoms with Crippen LogP contribution < -0.4 is 5.32 Å². The third-order valence-electron chi connectivity index (χ3n) is 5.24. The van der Waals surface area contributed by atoms with Gasteiger partial charge in [-0.2, -0.15) is 0 Å². The second-order valence-electron chi connectivity index (χ2n) is 7.48. The summed E-state index contributed by atoms with van der Waals surface area (Å²) < 4.78 is 4.90. The van der Waals surface area contributed by atoms with Crippen molar-refractivity contribution in [3.63, 3.8) is 0 Å². The Morgan fingerprint density at radius 3 is 2.52 bits per heavy atom. The zero-order valence-corrected chi connectivity index (χ0v) is 17.2. The lowest BCUT2D eigenvalue weighted by molar-refractivity contribution is -0.212. The van der Waals surface area contributed by atoms with Crippen molar-refractivity contribution in [1.29, 1.82) is 0 Å². The molecule has 6 nitrogen and oxygen atoms in total. The van der Waals surface area contributed by atoms with Gasteiger partial charge in [0.15, 0.2) is 0 Å². The summed E-state index contributed by atoms with van der Waals surface area (Å²) in [5.41, 5.74) is 1.77. The number of amides is 1. The third-order valence-corrected chi connectivity index (χ3v) is 5.24. The number of nitrogens with zero attached hydrogens (tertiary/aromatic N) is 1. The highest BCUT2D eigenvalue weighted by Gasteiger charge is 2.44. The number of ether oxygens (including phenoxy) is 1. The minimum absolute atomic E-state index is 0.0118. The van der Waals surface area contributed by atoms with Crippen LogP contribution in [0.3, 0.4) is 0 Å². The van der Waals surface area contributed by atoms with Crippen LogP contribution in [0.5, 0.6) is 0 Å². The van der Waals surface area contributed by atoms with Gasteiger partial charge in [0.2, 0.25) is 0 Å². The first-order valence-corrected chi connectivity index (χ1v) is 9.93. The van der Waals surface area contributed by atoms with Crippen LogP contribution in [0.25, 0.3) is 0 Å². The molecule has 1 heterocycles. The zero-order valence-electron chi connectivity index (χ0n) is 17.2. The average Bonchev–Trinajstić information content (AvgIpc) is 2.81. The maximum absolute atomic E-state index is 13.6. The Morgan fingerprint density at radius 2 is 1.83 bits per heavy atom. The van der Waals surface area contributed by atoms with E-state index in [1.165, 1.54) is 12.2 Å². The first-order chi connectivity index (χ1) is 14.0. The van der Waals surface area contributed by atoms with Gasteiger partial charge in [0.25, 0.3) is 5.91 Å². The standard InChI is InChI=1S/C23H28N2O4/c1-4-14-23(2)22(27)25(29-16-17-10-6-5-7-11-17)20(15-21(26)28-3)18-12-8-9-13-19(18)24-23/h5-13,20,24H,4,14-16H2,1-3H3. The topological polar surface area (TPSA) is 67.9 Å². The average molecular weight is 396 g/mol. The summed E-state index contributed by atoms with van der Waals surface area (Å²) in [5.74, 6) is -0.592. The van der Waals surface area contributed by atoms with Gasteiger partial charge in [0.1, 0.15) is 12.1 Å². The molecular weight excluding hydrogens is 368 g/mol. The van der Waals surface area contributed by atoms with E-state index < -0.39 is 17.6 Å². The molecule has 0 spiro atoms. The zero-order chi connectivity index (χ0) is 20.9. The van der Waals surface area contributed by atoms with Crippen LogP contribution in [-0.2, 0) is 25.8 Å². The lowest BCUT2D eigenvalue weighted by Crippen LogP contribution is -2.51. The van der Waals surface area contributed by atoms with Crippen LogP contribution in [0.4, 0.5) is 5.69 Å². The molecule has 0 saturated heterocycles. The summed E-state index contributed by atoms with van der Waals surface area (Å²) in [4.78, 5) is 31.8. The molecule has 154 valence electrons. The molecule has 0 aromatic heterocycles. The number of hydroxylamine groups is 2. The van der Waals surface area contributed by atoms with Crippen LogP contribution in [-0.4, -0.2) is 29.6 Å². The Labute approximate surface area is 171 Å². The number of fused-ring (bicyclic) bond motifs is 1. The molecule has 0 bridgehead atoms. The number of nitrogens with one attached hydrogen (secondary N) is 1. The largest absolute Gasteiger partial charge is 0.469 e. The molecule has 1 aliphatic rings. The fourth-order valence-electron chi connectivity index (χ4n) is 3.73. The Bertz CT molecular complexity index is 855. The number of benzene rings is 2. The van der Waals surface area contributed by atoms with E-state index in [4.69, 9.17) is 9.57 Å². The molecule has 2 aromatic rings. The Kier molecular flexibility index (Phi) is 6.54. The van der Waals surface area contributed by atoms with Crippen molar-refractivity contribution in [2.24, 2.45) is 0 Å². The van der Waals surface area contributed by atoms with Gasteiger partial charge in [0.05, 0.1) is 19.6 Å². The summed E-state index contributed by atoms with van der Waals surface area (Å²) in [6, 6.07) is 16.7. The number of rotatable bonds is 7. The number of carbonyl (C=O) groups excluding carboxylic acids is 2. The SMILES string of the molecule is CCCC1(C)Nc2ccccc2C(CC(=O)OC)N(OCc2ccccc2)C1=O. The van der Waals surface area contributed by atoms with Gasteiger partial charge in [-0.05, 0) is 25.0 Å². The maximum atomic E-state index is 13.6. The molecule has 29 heavy (non-hydrogen) atoms. The predicted octanol–water partition coefficient (Wildman–Crippen LogP) is 4.24. The minimum Gasteiger partial charge on any atom is -0.469 e. The molecule has 2 aromatic carbocycles. The lowest BCUT2D eigenvalue weighted by Gasteiger charge is -2.34. The Morgan fingerprint density at radius 1 is 1.14 bits per heavy atom. The summed E-state index contributed by atoms with van der Waals surface area (Å²) in [7, 11) is 1.35. The van der Waals surface area contributed by atoms with E-state index in [0.717, 1.165) is 23.2 Å². The highest BCUT2D eigenvalue weighted by atomic mass is 16.7. The van der Waals surface area contributed by atoms with E-state index in [-0.39, 0.29) is 18.9 Å². The van der Waals surface area contributed by atoms with Crippen molar-refractivity contribution in [1.82, 2.24) is 5.06 Å². The molecule has 0 aliphatic carbocycles. The number of anilines is 1. The molecule has 2 atom stereocenters. The molecule has 0 saturated carbocycles. The molecule has 3 rings (SSSR count). The van der Waals surface area contributed by atoms with Crippen molar-refractivity contribution in [2.75, 3.05) is 12.4 Å². The maximum Gasteiger partial charge on any atom is 0.308 e. The smallest absolute Gasteiger partial charge is 0.308 e. The van der Waals surface area contributed by atoms with Gasteiger partial charge in [-0.25, -0.2) is 5.06 Å². The van der Waals surface area contributed by atoms with Crippen LogP contribution in [0.2, 0.25) is 0 Å². The summed E-state index contributed by atoms with van der Waals surface area (Å²) in [5, 5.41) is 4.79. The molecule has 0 radical (unpaired) electrons. The number of para-hydroxylation sites is 1. The molecule has 1 aliphatic heterocycles. The van der Waals surface area contributed by atoms with Crippen LogP contribution in [0, 0.1) is 0 Å². The summed E-state index contributed by atoms with van der Waals surface area (Å²) in [6.07, 6.45) is 1.47. The van der Waals surface area contributed by atoms with E-state index in [1.54, 1.807) is 0 Å². The minimum atomic E-state index is -0.841. The predicted molar refractivity (Wildman–Crippen MR) is 111 cm³/mol. The number of carbonyl (C=O) groups is 2. The summed E-state index contributed by atoms with van der Waals surface area (Å²) >= 11 is 0. The third kappa shape index (κ3) is 4.59. The highest BCUT2D eigenvalue weighted by Crippen LogP contribution is 2.39. The van der Waals surface area contributed by atoms with Crippen molar-refractivity contribution in [2.45, 2.75) is 51.3 Å². The first-order valence-electron chi connectivity index (χ1n) is 9.93. The Hall–Kier alpha value is -2.86. The molecule has 1 amide bonds. The van der Waals surface area contributed by atoms with Gasteiger partial charge in [-0.1, -0.05) is 61.9 Å². The molecule has 0 fully saturated rings. The monoisotopic (exact) mass is 396 g/mol. The number of hydrogen-bond acceptors (Lipinski definition) is 5. The van der Waals surface area contributed by atoms with E-state index in [0.29, 0.717) is 6.42 Å². The quantitative estimate of drug-likeness (QED) is 0.709. The van der Waals surface area contributed by atoms with Crippen molar-refractivity contribution >= 4 is 17.6 Å². The van der Waals surface area contributed by atoms with Gasteiger partial charge in [0, 0.05) is 11.3 Å². The number of esters is 1. The number of hydrogen-bond donors (Lipinski definition) is 1. The summed E-state index contributed by atoms with van der Waals surface area (Å²) in [6.45, 7) is 4.15. The molecular formula is C23H28N2O4. The lowest BCUT2D eigenvalue weighted by atomic mass is 9.94. The normalized spacial score (nSPS) is 21.1. The van der Waals surface area contributed by atoms with Crippen LogP contribution in [0.1, 0.15) is 50.3 Å². The van der Waals surface area contributed by atoms with Gasteiger partial charge in [-0.3, -0.25) is 14.4 Å². The van der Waals surface area contributed by atoms with E-state index in [9.17, 15) is 9.59 Å². The fourth-order valence-corrected chi connectivity index (χ4v) is 3.73. The van der Waals surface area contributed by atoms with E-state index in [1.807, 2.05) is 68.4 Å². The van der Waals surface area contributed by atoms with Crippen molar-refractivity contribution in [3.05, 3.63) is 65.7 Å². The molecule has 1 N–H and O–H groups in total. The van der Waals surface area contributed by atoms with Gasteiger partial charge < -0.3 is 10.1 Å². The van der Waals surface area contributed by atoms with E-state index in [2.05, 4.69) is 5.32 Å². The molecule has 6 heteroatoms. The Balaban J connectivity index is 2.02. The van der Waals surface area contributed by atoms with Crippen LogP contribution in [0.15, 0.2) is 54.6 Å². The number of methoxy groups -OCH3 is 1. The van der Waals surface area contributed by atoms with Crippen molar-refractivity contribution < 1.29 is 19.2 Å². The van der Waals surface area contributed by atoms with E-state index >= 15 is 0 Å². The van der Waals surface area contributed by atoms with Gasteiger partial charge >= 0.3 is 5.97 Å². The van der Waals surface area contributed by atoms with Crippen LogP contribution >= 0.6 is 0 Å². The fraction of sp³-hybridized carbons (Fsp3) is 0.391. The van der Waals surface area contributed by atoms with Crippen molar-refractivity contribution in [3.8, 4) is 0 Å². The van der Waals surface area contributed by atoms with Gasteiger partial charge in [-0.15, -0.1) is 0 Å². The second-order valence-corrected chi connectivity index (χ2v) is 7.48. The second kappa shape index (κ2) is 9.09. The highest BCUT2D eigenvalue weighted by molar-refractivity contribution is 5.91. The first kappa shape index (κ1) is 20.9.